The standard InChI is InChI=1S/C19H16FN3O2/c20-16-8-6-14(7-9-16)12-21-19(25)17-10-11-18(24)23(22-17)13-15-4-2-1-3-5-15/h1-11H,12-13H2,(H,21,25). The summed E-state index contributed by atoms with van der Waals surface area (Å²) < 4.78 is 14.1. The van der Waals surface area contributed by atoms with Gasteiger partial charge in [-0.25, -0.2) is 9.07 Å². The number of carbonyl (C=O) groups is 1. The lowest BCUT2D eigenvalue weighted by Gasteiger charge is -2.08. The molecule has 5 nitrogen and oxygen atoms in total. The largest absolute Gasteiger partial charge is 0.347 e. The van der Waals surface area contributed by atoms with E-state index in [0.29, 0.717) is 6.54 Å². The van der Waals surface area contributed by atoms with Gasteiger partial charge in [0.2, 0.25) is 0 Å². The van der Waals surface area contributed by atoms with Gasteiger partial charge >= 0.3 is 0 Å². The number of benzene rings is 2. The van der Waals surface area contributed by atoms with Gasteiger partial charge in [-0.15, -0.1) is 0 Å². The summed E-state index contributed by atoms with van der Waals surface area (Å²) in [5.74, 6) is -0.726. The molecule has 1 N–H and O–H groups in total. The highest BCUT2D eigenvalue weighted by Gasteiger charge is 2.10. The third-order valence-electron chi connectivity index (χ3n) is 3.64. The smallest absolute Gasteiger partial charge is 0.271 e. The van der Waals surface area contributed by atoms with Gasteiger partial charge in [-0.05, 0) is 29.3 Å². The molecule has 0 bridgehead atoms. The van der Waals surface area contributed by atoms with Crippen LogP contribution in [-0.4, -0.2) is 15.7 Å². The van der Waals surface area contributed by atoms with E-state index in [-0.39, 0.29) is 23.6 Å². The predicted molar refractivity (Wildman–Crippen MR) is 91.6 cm³/mol. The Kier molecular flexibility index (Phi) is 4.99. The third kappa shape index (κ3) is 4.38. The van der Waals surface area contributed by atoms with Crippen LogP contribution in [0.4, 0.5) is 4.39 Å². The van der Waals surface area contributed by atoms with Crippen molar-refractivity contribution in [3.63, 3.8) is 0 Å². The van der Waals surface area contributed by atoms with Gasteiger partial charge in [0, 0.05) is 12.6 Å². The molecule has 0 saturated carbocycles. The molecule has 1 aromatic heterocycles. The molecular formula is C19H16FN3O2. The molecular weight excluding hydrogens is 321 g/mol. The maximum atomic E-state index is 12.9. The first kappa shape index (κ1) is 16.6. The minimum absolute atomic E-state index is 0.151. The summed E-state index contributed by atoms with van der Waals surface area (Å²) in [6, 6.07) is 18.0. The fraction of sp³-hybridized carbons (Fsp3) is 0.105. The summed E-state index contributed by atoms with van der Waals surface area (Å²) in [4.78, 5) is 24.2. The Morgan fingerprint density at radius 1 is 0.960 bits per heavy atom. The van der Waals surface area contributed by atoms with Gasteiger partial charge in [-0.3, -0.25) is 9.59 Å². The molecule has 3 rings (SSSR count). The molecule has 1 amide bonds. The van der Waals surface area contributed by atoms with E-state index in [0.717, 1.165) is 11.1 Å². The Labute approximate surface area is 143 Å². The normalized spacial score (nSPS) is 10.4. The van der Waals surface area contributed by atoms with Crippen LogP contribution >= 0.6 is 0 Å². The Bertz CT molecular complexity index is 921. The molecule has 0 radical (unpaired) electrons. The van der Waals surface area contributed by atoms with E-state index in [1.54, 1.807) is 12.1 Å². The van der Waals surface area contributed by atoms with Crippen LogP contribution in [0.15, 0.2) is 71.5 Å². The van der Waals surface area contributed by atoms with E-state index in [4.69, 9.17) is 0 Å². The predicted octanol–water partition coefficient (Wildman–Crippen LogP) is 2.36. The van der Waals surface area contributed by atoms with Crippen LogP contribution in [0.25, 0.3) is 0 Å². The van der Waals surface area contributed by atoms with Crippen molar-refractivity contribution in [3.05, 3.63) is 99.7 Å². The third-order valence-corrected chi connectivity index (χ3v) is 3.64. The van der Waals surface area contributed by atoms with E-state index in [9.17, 15) is 14.0 Å². The quantitative estimate of drug-likeness (QED) is 0.777. The number of carbonyl (C=O) groups excluding carboxylic acids is 1. The lowest BCUT2D eigenvalue weighted by Crippen LogP contribution is -2.29. The van der Waals surface area contributed by atoms with Crippen molar-refractivity contribution in [1.82, 2.24) is 15.1 Å². The number of halogens is 1. The van der Waals surface area contributed by atoms with Gasteiger partial charge < -0.3 is 5.32 Å². The van der Waals surface area contributed by atoms with Crippen LogP contribution in [0, 0.1) is 5.82 Å². The molecule has 0 aliphatic rings. The molecule has 1 heterocycles. The maximum Gasteiger partial charge on any atom is 0.271 e. The summed E-state index contributed by atoms with van der Waals surface area (Å²) in [6.07, 6.45) is 0. The molecule has 25 heavy (non-hydrogen) atoms. The summed E-state index contributed by atoms with van der Waals surface area (Å²) in [5, 5.41) is 6.83. The molecule has 0 fully saturated rings. The topological polar surface area (TPSA) is 64.0 Å². The van der Waals surface area contributed by atoms with Gasteiger partial charge in [0.1, 0.15) is 11.5 Å². The fourth-order valence-electron chi connectivity index (χ4n) is 2.31. The SMILES string of the molecule is O=C(NCc1ccc(F)cc1)c1ccc(=O)n(Cc2ccccc2)n1. The van der Waals surface area contributed by atoms with Crippen molar-refractivity contribution < 1.29 is 9.18 Å². The summed E-state index contributed by atoms with van der Waals surface area (Å²) in [7, 11) is 0. The summed E-state index contributed by atoms with van der Waals surface area (Å²) >= 11 is 0. The number of nitrogens with zero attached hydrogens (tertiary/aromatic N) is 2. The summed E-state index contributed by atoms with van der Waals surface area (Å²) in [5.41, 5.74) is 1.56. The van der Waals surface area contributed by atoms with E-state index in [1.807, 2.05) is 30.3 Å². The van der Waals surface area contributed by atoms with Crippen molar-refractivity contribution in [3.8, 4) is 0 Å². The highest BCUT2D eigenvalue weighted by atomic mass is 19.1. The van der Waals surface area contributed by atoms with Crippen LogP contribution in [0.3, 0.4) is 0 Å². The van der Waals surface area contributed by atoms with Crippen LogP contribution in [0.2, 0.25) is 0 Å². The van der Waals surface area contributed by atoms with Gasteiger partial charge in [-0.2, -0.15) is 5.10 Å². The van der Waals surface area contributed by atoms with Crippen LogP contribution in [0.5, 0.6) is 0 Å². The molecule has 0 aliphatic carbocycles. The Balaban J connectivity index is 1.71. The monoisotopic (exact) mass is 337 g/mol. The van der Waals surface area contributed by atoms with Gasteiger partial charge in [-0.1, -0.05) is 42.5 Å². The lowest BCUT2D eigenvalue weighted by molar-refractivity contribution is 0.0943. The highest BCUT2D eigenvalue weighted by molar-refractivity contribution is 5.91. The molecule has 0 unspecified atom stereocenters. The number of hydrogen-bond acceptors (Lipinski definition) is 3. The van der Waals surface area contributed by atoms with E-state index in [1.165, 1.54) is 28.9 Å². The fourth-order valence-corrected chi connectivity index (χ4v) is 2.31. The molecule has 0 atom stereocenters. The number of rotatable bonds is 5. The molecule has 126 valence electrons. The van der Waals surface area contributed by atoms with E-state index < -0.39 is 5.91 Å². The molecule has 0 spiro atoms. The van der Waals surface area contributed by atoms with Crippen LogP contribution < -0.4 is 10.9 Å². The average Bonchev–Trinajstić information content (AvgIpc) is 2.64. The molecule has 0 saturated heterocycles. The van der Waals surface area contributed by atoms with Crippen molar-refractivity contribution in [2.24, 2.45) is 0 Å². The Morgan fingerprint density at radius 2 is 1.68 bits per heavy atom. The second-order valence-corrected chi connectivity index (χ2v) is 5.51. The first-order valence-electron chi connectivity index (χ1n) is 7.76. The highest BCUT2D eigenvalue weighted by Crippen LogP contribution is 2.03. The minimum Gasteiger partial charge on any atom is -0.347 e. The van der Waals surface area contributed by atoms with E-state index in [2.05, 4.69) is 10.4 Å². The van der Waals surface area contributed by atoms with Gasteiger partial charge in [0.05, 0.1) is 6.54 Å². The van der Waals surface area contributed by atoms with Crippen LogP contribution in [-0.2, 0) is 13.1 Å². The van der Waals surface area contributed by atoms with Crippen LogP contribution in [0.1, 0.15) is 21.6 Å². The Morgan fingerprint density at radius 3 is 2.40 bits per heavy atom. The molecule has 6 heteroatoms. The second kappa shape index (κ2) is 7.53. The minimum atomic E-state index is -0.397. The van der Waals surface area contributed by atoms with Gasteiger partial charge in [0.25, 0.3) is 11.5 Å². The zero-order valence-electron chi connectivity index (χ0n) is 13.4. The summed E-state index contributed by atoms with van der Waals surface area (Å²) in [6.45, 7) is 0.539. The average molecular weight is 337 g/mol. The first-order valence-corrected chi connectivity index (χ1v) is 7.76. The Hall–Kier alpha value is -3.28. The molecule has 3 aromatic rings. The zero-order chi connectivity index (χ0) is 17.6. The van der Waals surface area contributed by atoms with Crippen molar-refractivity contribution in [1.29, 1.82) is 0 Å². The van der Waals surface area contributed by atoms with Crippen molar-refractivity contribution >= 4 is 5.91 Å². The number of hydrogen-bond donors (Lipinski definition) is 1. The van der Waals surface area contributed by atoms with E-state index >= 15 is 0 Å². The van der Waals surface area contributed by atoms with Gasteiger partial charge in [0.15, 0.2) is 0 Å². The zero-order valence-corrected chi connectivity index (χ0v) is 13.4. The first-order chi connectivity index (χ1) is 12.1. The second-order valence-electron chi connectivity index (χ2n) is 5.51. The number of amides is 1. The lowest BCUT2D eigenvalue weighted by atomic mass is 10.2. The molecule has 0 aliphatic heterocycles. The van der Waals surface area contributed by atoms with Crippen molar-refractivity contribution in [2.45, 2.75) is 13.1 Å². The van der Waals surface area contributed by atoms with Crippen molar-refractivity contribution in [2.75, 3.05) is 0 Å². The maximum absolute atomic E-state index is 12.9. The number of aromatic nitrogens is 2. The molecule has 2 aromatic carbocycles. The number of nitrogens with one attached hydrogen (secondary N) is 1.